The highest BCUT2D eigenvalue weighted by Gasteiger charge is 2.43. The van der Waals surface area contributed by atoms with Gasteiger partial charge < -0.3 is 14.7 Å². The first kappa shape index (κ1) is 21.1. The van der Waals surface area contributed by atoms with Crippen LogP contribution in [0.4, 0.5) is 0 Å². The van der Waals surface area contributed by atoms with Crippen LogP contribution in [0.3, 0.4) is 0 Å². The van der Waals surface area contributed by atoms with Crippen LogP contribution >= 0.6 is 0 Å². The second kappa shape index (κ2) is 9.35. The third-order valence-corrected chi connectivity index (χ3v) is 5.43. The summed E-state index contributed by atoms with van der Waals surface area (Å²) in [5.41, 5.74) is 2.42. The molecule has 0 radical (unpaired) electrons. The Hall–Kier alpha value is -4.12. The van der Waals surface area contributed by atoms with E-state index in [9.17, 15) is 14.7 Å². The van der Waals surface area contributed by atoms with E-state index >= 15 is 0 Å². The van der Waals surface area contributed by atoms with Crippen LogP contribution in [-0.2, 0) is 16.1 Å². The zero-order valence-corrected chi connectivity index (χ0v) is 17.6. The van der Waals surface area contributed by atoms with Crippen molar-refractivity contribution in [3.63, 3.8) is 0 Å². The first-order chi connectivity index (χ1) is 15.6. The molecule has 1 unspecified atom stereocenters. The summed E-state index contributed by atoms with van der Waals surface area (Å²) in [4.78, 5) is 27.8. The molecule has 0 bridgehead atoms. The molecular formula is C27H23NO4. The van der Waals surface area contributed by atoms with Gasteiger partial charge in [-0.15, -0.1) is 0 Å². The van der Waals surface area contributed by atoms with Crippen molar-refractivity contribution in [3.8, 4) is 5.75 Å². The minimum Gasteiger partial charge on any atom is -0.503 e. The van der Waals surface area contributed by atoms with E-state index in [4.69, 9.17) is 4.74 Å². The quantitative estimate of drug-likeness (QED) is 0.548. The van der Waals surface area contributed by atoms with Crippen molar-refractivity contribution in [2.45, 2.75) is 12.6 Å². The largest absolute Gasteiger partial charge is 0.503 e. The van der Waals surface area contributed by atoms with Gasteiger partial charge >= 0.3 is 0 Å². The number of aliphatic hydroxyl groups is 1. The molecule has 32 heavy (non-hydrogen) atoms. The van der Waals surface area contributed by atoms with E-state index < -0.39 is 23.5 Å². The topological polar surface area (TPSA) is 66.8 Å². The highest BCUT2D eigenvalue weighted by atomic mass is 16.5. The van der Waals surface area contributed by atoms with Crippen LogP contribution in [0, 0.1) is 0 Å². The van der Waals surface area contributed by atoms with Crippen LogP contribution in [-0.4, -0.2) is 28.8 Å². The summed E-state index contributed by atoms with van der Waals surface area (Å²) in [7, 11) is 1.54. The van der Waals surface area contributed by atoms with Gasteiger partial charge in [0.1, 0.15) is 5.75 Å². The van der Waals surface area contributed by atoms with E-state index in [2.05, 4.69) is 0 Å². The molecular weight excluding hydrogens is 402 g/mol. The molecule has 0 fully saturated rings. The van der Waals surface area contributed by atoms with Gasteiger partial charge in [0, 0.05) is 12.1 Å². The molecule has 3 aromatic carbocycles. The van der Waals surface area contributed by atoms with E-state index in [1.54, 1.807) is 12.1 Å². The van der Waals surface area contributed by atoms with Crippen LogP contribution in [0.25, 0.3) is 6.08 Å². The number of nitrogens with zero attached hydrogens (tertiary/aromatic N) is 1. The number of allylic oxidation sites excluding steroid dienone is 1. The van der Waals surface area contributed by atoms with Crippen molar-refractivity contribution >= 4 is 17.8 Å². The molecule has 0 aliphatic carbocycles. The third-order valence-electron chi connectivity index (χ3n) is 5.43. The first-order valence-electron chi connectivity index (χ1n) is 10.3. The van der Waals surface area contributed by atoms with Crippen molar-refractivity contribution in [2.24, 2.45) is 0 Å². The number of rotatable bonds is 7. The van der Waals surface area contributed by atoms with Gasteiger partial charge in [-0.1, -0.05) is 84.9 Å². The molecule has 3 aromatic rings. The number of para-hydroxylation sites is 1. The van der Waals surface area contributed by atoms with Crippen LogP contribution in [0.5, 0.6) is 5.75 Å². The molecule has 160 valence electrons. The Morgan fingerprint density at radius 3 is 2.28 bits per heavy atom. The average molecular weight is 425 g/mol. The van der Waals surface area contributed by atoms with Crippen molar-refractivity contribution < 1.29 is 19.4 Å². The lowest BCUT2D eigenvalue weighted by molar-refractivity contribution is -0.130. The Kier molecular flexibility index (Phi) is 6.17. The molecule has 1 N–H and O–H groups in total. The second-order valence-electron chi connectivity index (χ2n) is 7.43. The van der Waals surface area contributed by atoms with Gasteiger partial charge in [0.15, 0.2) is 11.5 Å². The number of amides is 1. The minimum absolute atomic E-state index is 0.0441. The fourth-order valence-corrected chi connectivity index (χ4v) is 3.89. The Morgan fingerprint density at radius 2 is 1.59 bits per heavy atom. The number of benzene rings is 3. The third kappa shape index (κ3) is 4.18. The number of hydrogen-bond donors (Lipinski definition) is 1. The molecule has 0 spiro atoms. The minimum atomic E-state index is -0.772. The van der Waals surface area contributed by atoms with Gasteiger partial charge in [-0.3, -0.25) is 9.59 Å². The summed E-state index contributed by atoms with van der Waals surface area (Å²) < 4.78 is 5.51. The normalized spacial score (nSPS) is 16.1. The van der Waals surface area contributed by atoms with Crippen molar-refractivity contribution in [1.82, 2.24) is 4.90 Å². The van der Waals surface area contributed by atoms with E-state index in [1.165, 1.54) is 18.1 Å². The summed E-state index contributed by atoms with van der Waals surface area (Å²) in [5.74, 6) is -0.998. The van der Waals surface area contributed by atoms with Gasteiger partial charge in [0.2, 0.25) is 0 Å². The first-order valence-corrected chi connectivity index (χ1v) is 10.3. The summed E-state index contributed by atoms with van der Waals surface area (Å²) >= 11 is 0. The molecule has 5 heteroatoms. The molecule has 1 atom stereocenters. The van der Waals surface area contributed by atoms with E-state index in [-0.39, 0.29) is 12.1 Å². The number of ether oxygens (including phenoxy) is 1. The molecule has 1 aliphatic rings. The molecule has 1 heterocycles. The highest BCUT2D eigenvalue weighted by molar-refractivity contribution is 6.14. The maximum atomic E-state index is 13.2. The van der Waals surface area contributed by atoms with Crippen molar-refractivity contribution in [3.05, 3.63) is 119 Å². The summed E-state index contributed by atoms with van der Waals surface area (Å²) in [6.07, 6.45) is 3.06. The fraction of sp³-hybridized carbons (Fsp3) is 0.111. The lowest BCUT2D eigenvalue weighted by Crippen LogP contribution is -2.30. The lowest BCUT2D eigenvalue weighted by Gasteiger charge is -2.27. The molecule has 4 rings (SSSR count). The van der Waals surface area contributed by atoms with Gasteiger partial charge in [-0.05, 0) is 23.3 Å². The standard InChI is InChI=1S/C27H23NO4/c1-32-23-15-9-8-14-21(23)25-24(22(29)17-16-19-10-4-2-5-11-19)26(30)27(31)28(25)18-20-12-6-3-7-13-20/h2-17,25,30H,18H2,1H3/b17-16+. The van der Waals surface area contributed by atoms with Crippen molar-refractivity contribution in [1.29, 1.82) is 0 Å². The number of aliphatic hydroxyl groups excluding tert-OH is 1. The Balaban J connectivity index is 1.76. The van der Waals surface area contributed by atoms with Crippen molar-refractivity contribution in [2.75, 3.05) is 7.11 Å². The van der Waals surface area contributed by atoms with E-state index in [0.29, 0.717) is 11.3 Å². The molecule has 5 nitrogen and oxygen atoms in total. The number of methoxy groups -OCH3 is 1. The van der Waals surface area contributed by atoms with Crippen LogP contribution in [0.15, 0.2) is 102 Å². The second-order valence-corrected chi connectivity index (χ2v) is 7.43. The maximum absolute atomic E-state index is 13.2. The maximum Gasteiger partial charge on any atom is 0.290 e. The van der Waals surface area contributed by atoms with Gasteiger partial charge in [0.25, 0.3) is 5.91 Å². The summed E-state index contributed by atoms with van der Waals surface area (Å²) in [6.45, 7) is 0.242. The Bertz CT molecular complexity index is 1180. The SMILES string of the molecule is COc1ccccc1C1C(C(=O)/C=C/c2ccccc2)=C(O)C(=O)N1Cc1ccccc1. The number of ketones is 1. The van der Waals surface area contributed by atoms with Gasteiger partial charge in [-0.25, -0.2) is 0 Å². The predicted molar refractivity (Wildman–Crippen MR) is 123 cm³/mol. The van der Waals surface area contributed by atoms with E-state index in [0.717, 1.165) is 11.1 Å². The lowest BCUT2D eigenvalue weighted by atomic mass is 9.94. The molecule has 0 saturated carbocycles. The number of hydrogen-bond acceptors (Lipinski definition) is 4. The predicted octanol–water partition coefficient (Wildman–Crippen LogP) is 4.87. The molecule has 1 aliphatic heterocycles. The average Bonchev–Trinajstić information content (AvgIpc) is 3.08. The zero-order chi connectivity index (χ0) is 22.5. The van der Waals surface area contributed by atoms with Crippen LogP contribution in [0.1, 0.15) is 22.7 Å². The fourth-order valence-electron chi connectivity index (χ4n) is 3.89. The smallest absolute Gasteiger partial charge is 0.290 e. The Morgan fingerprint density at radius 1 is 0.969 bits per heavy atom. The van der Waals surface area contributed by atoms with Crippen LogP contribution < -0.4 is 4.74 Å². The highest BCUT2D eigenvalue weighted by Crippen LogP contribution is 2.42. The summed E-state index contributed by atoms with van der Waals surface area (Å²) in [6, 6.07) is 25.3. The monoisotopic (exact) mass is 425 g/mol. The Labute approximate surface area is 186 Å². The number of carbonyl (C=O) groups excluding carboxylic acids is 2. The molecule has 0 aromatic heterocycles. The van der Waals surface area contributed by atoms with Crippen LogP contribution in [0.2, 0.25) is 0 Å². The zero-order valence-electron chi connectivity index (χ0n) is 17.6. The summed E-state index contributed by atoms with van der Waals surface area (Å²) in [5, 5.41) is 10.8. The number of carbonyl (C=O) groups is 2. The molecule has 0 saturated heterocycles. The van der Waals surface area contributed by atoms with Gasteiger partial charge in [-0.2, -0.15) is 0 Å². The molecule has 1 amide bonds. The van der Waals surface area contributed by atoms with E-state index in [1.807, 2.05) is 78.9 Å². The van der Waals surface area contributed by atoms with Gasteiger partial charge in [0.05, 0.1) is 18.7 Å².